The Bertz CT molecular complexity index is 1130. The summed E-state index contributed by atoms with van der Waals surface area (Å²) in [4.78, 5) is 31.4. The Morgan fingerprint density at radius 2 is 1.85 bits per heavy atom. The van der Waals surface area contributed by atoms with Gasteiger partial charge in [-0.05, 0) is 64.9 Å². The number of carbonyl (C=O) groups excluding carboxylic acids is 1. The molecule has 1 unspecified atom stereocenters. The van der Waals surface area contributed by atoms with E-state index in [2.05, 4.69) is 17.3 Å². The van der Waals surface area contributed by atoms with Crippen LogP contribution in [0.3, 0.4) is 0 Å². The van der Waals surface area contributed by atoms with E-state index < -0.39 is 17.0 Å². The summed E-state index contributed by atoms with van der Waals surface area (Å²) < 4.78 is 11.4. The van der Waals surface area contributed by atoms with Crippen molar-refractivity contribution in [2.24, 2.45) is 5.41 Å². The van der Waals surface area contributed by atoms with E-state index in [1.807, 2.05) is 43.9 Å². The van der Waals surface area contributed by atoms with E-state index in [0.29, 0.717) is 43.4 Å². The molecule has 2 aromatic rings. The third-order valence-electron chi connectivity index (χ3n) is 8.18. The van der Waals surface area contributed by atoms with Crippen molar-refractivity contribution in [3.05, 3.63) is 47.6 Å². The molecule has 1 heterocycles. The average Bonchev–Trinajstić information content (AvgIpc) is 3.61. The number of aliphatic carboxylic acids is 1. The SMILES string of the molecule is CC(C)(C)OC(=O)N(CC1(c2noc(C34CC(C(=O)O)(C3)C4)n2)CC1)[C@H]1CC1c1ccccc1. The van der Waals surface area contributed by atoms with Crippen LogP contribution in [0.4, 0.5) is 4.79 Å². The number of nitrogens with zero attached hydrogens (tertiary/aromatic N) is 3. The summed E-state index contributed by atoms with van der Waals surface area (Å²) in [7, 11) is 0. The molecule has 34 heavy (non-hydrogen) atoms. The Labute approximate surface area is 198 Å². The number of aromatic nitrogens is 2. The van der Waals surface area contributed by atoms with Gasteiger partial charge in [0.1, 0.15) is 5.60 Å². The molecule has 5 fully saturated rings. The zero-order chi connectivity index (χ0) is 23.9. The van der Waals surface area contributed by atoms with Gasteiger partial charge in [-0.15, -0.1) is 0 Å². The fourth-order valence-electron chi connectivity index (χ4n) is 6.05. The van der Waals surface area contributed by atoms with Crippen LogP contribution in [0.25, 0.3) is 0 Å². The maximum absolute atomic E-state index is 13.3. The molecule has 0 radical (unpaired) electrons. The molecule has 2 bridgehead atoms. The smallest absolute Gasteiger partial charge is 0.410 e. The monoisotopic (exact) mass is 465 g/mol. The molecule has 1 aromatic heterocycles. The van der Waals surface area contributed by atoms with Crippen molar-refractivity contribution in [2.75, 3.05) is 6.54 Å². The van der Waals surface area contributed by atoms with Crippen molar-refractivity contribution in [3.63, 3.8) is 0 Å². The molecule has 180 valence electrons. The summed E-state index contributed by atoms with van der Waals surface area (Å²) >= 11 is 0. The highest BCUT2D eigenvalue weighted by molar-refractivity contribution is 5.80. The fraction of sp³-hybridized carbons (Fsp3) is 0.615. The van der Waals surface area contributed by atoms with Crippen molar-refractivity contribution >= 4 is 12.1 Å². The lowest BCUT2D eigenvalue weighted by molar-refractivity contribution is -0.199. The predicted molar refractivity (Wildman–Crippen MR) is 121 cm³/mol. The zero-order valence-corrected chi connectivity index (χ0v) is 19.9. The Balaban J connectivity index is 1.21. The van der Waals surface area contributed by atoms with Gasteiger partial charge in [-0.25, -0.2) is 4.79 Å². The Morgan fingerprint density at radius 1 is 1.18 bits per heavy atom. The highest BCUT2D eigenvalue weighted by Crippen LogP contribution is 2.73. The number of benzene rings is 1. The number of rotatable bonds is 7. The number of amides is 1. The third-order valence-corrected chi connectivity index (χ3v) is 8.18. The Morgan fingerprint density at radius 3 is 2.44 bits per heavy atom. The van der Waals surface area contributed by atoms with Crippen LogP contribution in [-0.2, 0) is 20.4 Å². The van der Waals surface area contributed by atoms with Crippen LogP contribution in [0.15, 0.2) is 34.9 Å². The summed E-state index contributed by atoms with van der Waals surface area (Å²) in [6.45, 7) is 6.16. The molecule has 0 saturated heterocycles. The first-order chi connectivity index (χ1) is 16.0. The van der Waals surface area contributed by atoms with Crippen LogP contribution >= 0.6 is 0 Å². The normalized spacial score (nSPS) is 32.2. The van der Waals surface area contributed by atoms with Gasteiger partial charge in [-0.1, -0.05) is 35.5 Å². The minimum atomic E-state index is -0.724. The Hall–Kier alpha value is -2.90. The summed E-state index contributed by atoms with van der Waals surface area (Å²) in [5.74, 6) is 0.785. The second kappa shape index (κ2) is 6.83. The maximum atomic E-state index is 13.3. The van der Waals surface area contributed by atoms with Crippen molar-refractivity contribution in [1.82, 2.24) is 15.0 Å². The van der Waals surface area contributed by atoms with E-state index in [1.54, 1.807) is 0 Å². The molecule has 0 aliphatic heterocycles. The van der Waals surface area contributed by atoms with Crippen LogP contribution < -0.4 is 0 Å². The van der Waals surface area contributed by atoms with Crippen LogP contribution in [0, 0.1) is 5.41 Å². The summed E-state index contributed by atoms with van der Waals surface area (Å²) in [5, 5.41) is 13.7. The molecule has 0 spiro atoms. The zero-order valence-electron chi connectivity index (χ0n) is 19.9. The van der Waals surface area contributed by atoms with E-state index in [1.165, 1.54) is 5.56 Å². The van der Waals surface area contributed by atoms with Gasteiger partial charge in [-0.3, -0.25) is 4.79 Å². The first-order valence-electron chi connectivity index (χ1n) is 12.2. The Kier molecular flexibility index (Phi) is 4.34. The van der Waals surface area contributed by atoms with Crippen LogP contribution in [0.5, 0.6) is 0 Å². The lowest BCUT2D eigenvalue weighted by Crippen LogP contribution is -2.68. The first kappa shape index (κ1) is 21.6. The highest BCUT2D eigenvalue weighted by Gasteiger charge is 2.75. The van der Waals surface area contributed by atoms with Gasteiger partial charge in [0, 0.05) is 18.5 Å². The van der Waals surface area contributed by atoms with E-state index in [4.69, 9.17) is 14.2 Å². The topological polar surface area (TPSA) is 106 Å². The molecule has 1 aromatic carbocycles. The van der Waals surface area contributed by atoms with Gasteiger partial charge in [-0.2, -0.15) is 4.98 Å². The fourth-order valence-corrected chi connectivity index (χ4v) is 6.05. The molecule has 2 atom stereocenters. The molecule has 8 heteroatoms. The van der Waals surface area contributed by atoms with Crippen LogP contribution in [0.2, 0.25) is 0 Å². The maximum Gasteiger partial charge on any atom is 0.410 e. The van der Waals surface area contributed by atoms with Gasteiger partial charge < -0.3 is 19.3 Å². The number of carboxylic acids is 1. The van der Waals surface area contributed by atoms with Gasteiger partial charge in [0.05, 0.1) is 16.2 Å². The van der Waals surface area contributed by atoms with Gasteiger partial charge >= 0.3 is 12.1 Å². The standard InChI is InChI=1S/C26H31N3O5/c1-23(2,3)33-22(32)29(18-11-17(18)16-7-5-4-6-8-16)15-24(9-10-24)19-27-20(34-28-19)25-12-26(13-25,14-25)21(30)31/h4-8,17-18H,9-15H2,1-3H3,(H,30,31)/t17?,18-,25?,26?/m0/s1. The minimum absolute atomic E-state index is 0.0918. The second-order valence-corrected chi connectivity index (χ2v) is 12.0. The van der Waals surface area contributed by atoms with E-state index in [9.17, 15) is 14.7 Å². The van der Waals surface area contributed by atoms with Crippen molar-refractivity contribution in [3.8, 4) is 0 Å². The predicted octanol–water partition coefficient (Wildman–Crippen LogP) is 4.40. The lowest BCUT2D eigenvalue weighted by atomic mass is 9.35. The summed E-state index contributed by atoms with van der Waals surface area (Å²) in [6.07, 6.45) is 4.13. The molecule has 5 aliphatic rings. The molecule has 8 nitrogen and oxygen atoms in total. The second-order valence-electron chi connectivity index (χ2n) is 12.0. The lowest BCUT2D eigenvalue weighted by Gasteiger charge is -2.65. The van der Waals surface area contributed by atoms with Crippen LogP contribution in [-0.4, -0.2) is 50.4 Å². The van der Waals surface area contributed by atoms with Gasteiger partial charge in [0.25, 0.3) is 0 Å². The van der Waals surface area contributed by atoms with Crippen LogP contribution in [0.1, 0.15) is 82.5 Å². The minimum Gasteiger partial charge on any atom is -0.481 e. The van der Waals surface area contributed by atoms with Crippen molar-refractivity contribution < 1.29 is 24.0 Å². The number of hydrogen-bond donors (Lipinski definition) is 1. The average molecular weight is 466 g/mol. The molecule has 5 saturated carbocycles. The van der Waals surface area contributed by atoms with Crippen molar-refractivity contribution in [1.29, 1.82) is 0 Å². The third kappa shape index (κ3) is 3.33. The van der Waals surface area contributed by atoms with E-state index in [-0.39, 0.29) is 23.0 Å². The summed E-state index contributed by atoms with van der Waals surface area (Å²) in [5.41, 5.74) is -0.510. The molecule has 7 rings (SSSR count). The number of carboxylic acid groups (broad SMARTS) is 1. The first-order valence-corrected chi connectivity index (χ1v) is 12.2. The van der Waals surface area contributed by atoms with Crippen molar-refractivity contribution in [2.45, 2.75) is 87.7 Å². The number of carbonyl (C=O) groups is 2. The molecule has 1 amide bonds. The summed E-state index contributed by atoms with van der Waals surface area (Å²) in [6, 6.07) is 10.4. The number of hydrogen-bond acceptors (Lipinski definition) is 6. The van der Waals surface area contributed by atoms with Gasteiger partial charge in [0.15, 0.2) is 5.82 Å². The van der Waals surface area contributed by atoms with Gasteiger partial charge in [0.2, 0.25) is 5.89 Å². The van der Waals surface area contributed by atoms with E-state index >= 15 is 0 Å². The molecular weight excluding hydrogens is 434 g/mol. The molecular formula is C26H31N3O5. The van der Waals surface area contributed by atoms with E-state index in [0.717, 1.165) is 19.3 Å². The molecule has 1 N–H and O–H groups in total. The highest BCUT2D eigenvalue weighted by atomic mass is 16.6. The largest absolute Gasteiger partial charge is 0.481 e. The quantitative estimate of drug-likeness (QED) is 0.646. The number of ether oxygens (including phenoxy) is 1. The molecule has 5 aliphatic carbocycles.